The van der Waals surface area contributed by atoms with Crippen molar-refractivity contribution in [2.75, 3.05) is 6.61 Å². The Morgan fingerprint density at radius 1 is 1.15 bits per heavy atom. The molecule has 1 fully saturated rings. The summed E-state index contributed by atoms with van der Waals surface area (Å²) in [5.41, 5.74) is 1.22. The van der Waals surface area contributed by atoms with Crippen molar-refractivity contribution in [3.63, 3.8) is 0 Å². The zero-order valence-electron chi connectivity index (χ0n) is 11.6. The Bertz CT molecular complexity index is 591. The summed E-state index contributed by atoms with van der Waals surface area (Å²) in [4.78, 5) is 0. The number of halogens is 1. The Labute approximate surface area is 128 Å². The molecule has 0 amide bonds. The lowest BCUT2D eigenvalue weighted by Crippen LogP contribution is -2.23. The Morgan fingerprint density at radius 2 is 1.95 bits per heavy atom. The van der Waals surface area contributed by atoms with Crippen molar-refractivity contribution in [2.24, 2.45) is 0 Å². The van der Waals surface area contributed by atoms with Gasteiger partial charge in [0, 0.05) is 11.1 Å². The largest absolute Gasteiger partial charge is 0.353 e. The second-order valence-corrected chi connectivity index (χ2v) is 6.11. The molecule has 106 valence electrons. The van der Waals surface area contributed by atoms with E-state index in [0.717, 1.165) is 23.9 Å². The van der Waals surface area contributed by atoms with E-state index in [2.05, 4.69) is 59.3 Å². The maximum atomic E-state index is 6.09. The van der Waals surface area contributed by atoms with E-state index in [0.29, 0.717) is 0 Å². The number of benzene rings is 2. The van der Waals surface area contributed by atoms with E-state index in [-0.39, 0.29) is 12.4 Å². The van der Waals surface area contributed by atoms with Crippen molar-refractivity contribution < 1.29 is 9.47 Å². The molecule has 0 saturated carbocycles. The average Bonchev–Trinajstić information content (AvgIpc) is 2.49. The van der Waals surface area contributed by atoms with Crippen molar-refractivity contribution in [3.05, 3.63) is 46.4 Å². The van der Waals surface area contributed by atoms with Crippen molar-refractivity contribution in [1.29, 1.82) is 0 Å². The van der Waals surface area contributed by atoms with Crippen LogP contribution in [0, 0.1) is 0 Å². The lowest BCUT2D eigenvalue weighted by atomic mass is 10.0. The van der Waals surface area contributed by atoms with Gasteiger partial charge in [-0.25, -0.2) is 0 Å². The van der Waals surface area contributed by atoms with Crippen LogP contribution < -0.4 is 0 Å². The number of rotatable bonds is 3. The molecular formula is C17H19BrO2. The first-order valence-electron chi connectivity index (χ1n) is 7.20. The summed E-state index contributed by atoms with van der Waals surface area (Å²) in [5.74, 6) is 0. The van der Waals surface area contributed by atoms with Crippen LogP contribution in [0.15, 0.2) is 40.9 Å². The van der Waals surface area contributed by atoms with Crippen molar-refractivity contribution in [3.8, 4) is 0 Å². The highest BCUT2D eigenvalue weighted by molar-refractivity contribution is 9.10. The molecule has 1 aliphatic heterocycles. The van der Waals surface area contributed by atoms with Gasteiger partial charge in [-0.15, -0.1) is 0 Å². The van der Waals surface area contributed by atoms with Crippen LogP contribution in [0.5, 0.6) is 0 Å². The van der Waals surface area contributed by atoms with Gasteiger partial charge in [-0.1, -0.05) is 46.3 Å². The monoisotopic (exact) mass is 334 g/mol. The van der Waals surface area contributed by atoms with Crippen LogP contribution >= 0.6 is 15.9 Å². The number of hydrogen-bond donors (Lipinski definition) is 0. The fourth-order valence-electron chi connectivity index (χ4n) is 2.76. The van der Waals surface area contributed by atoms with Crippen LogP contribution in [0.25, 0.3) is 10.8 Å². The van der Waals surface area contributed by atoms with Gasteiger partial charge in [-0.2, -0.15) is 0 Å². The summed E-state index contributed by atoms with van der Waals surface area (Å²) in [6, 6.07) is 12.7. The lowest BCUT2D eigenvalue weighted by Gasteiger charge is -2.26. The molecule has 0 aromatic heterocycles. The molecule has 2 nitrogen and oxygen atoms in total. The first-order chi connectivity index (χ1) is 9.75. The van der Waals surface area contributed by atoms with Gasteiger partial charge in [-0.05, 0) is 48.6 Å². The number of hydrogen-bond acceptors (Lipinski definition) is 2. The molecule has 2 aromatic carbocycles. The summed E-state index contributed by atoms with van der Waals surface area (Å²) in [7, 11) is 0. The summed E-state index contributed by atoms with van der Waals surface area (Å²) < 4.78 is 12.9. The quantitative estimate of drug-likeness (QED) is 0.767. The fraction of sp³-hybridized carbons (Fsp3) is 0.412. The minimum Gasteiger partial charge on any atom is -0.353 e. The van der Waals surface area contributed by atoms with Crippen LogP contribution in [0.1, 0.15) is 37.9 Å². The third-order valence-electron chi connectivity index (χ3n) is 3.84. The van der Waals surface area contributed by atoms with Gasteiger partial charge in [0.1, 0.15) is 0 Å². The molecule has 2 unspecified atom stereocenters. The molecule has 0 N–H and O–H groups in total. The molecule has 1 heterocycles. The van der Waals surface area contributed by atoms with Gasteiger partial charge in [-0.3, -0.25) is 0 Å². The third kappa shape index (κ3) is 2.90. The highest BCUT2D eigenvalue weighted by Crippen LogP contribution is 2.32. The van der Waals surface area contributed by atoms with Gasteiger partial charge >= 0.3 is 0 Å². The highest BCUT2D eigenvalue weighted by Gasteiger charge is 2.19. The Kier molecular flexibility index (Phi) is 4.39. The maximum absolute atomic E-state index is 6.09. The summed E-state index contributed by atoms with van der Waals surface area (Å²) in [5, 5.41) is 2.47. The molecule has 1 saturated heterocycles. The SMILES string of the molecule is CC(OC1CCCCO1)c1ccc(Br)c2ccccc12. The van der Waals surface area contributed by atoms with Gasteiger partial charge < -0.3 is 9.47 Å². The zero-order valence-corrected chi connectivity index (χ0v) is 13.2. The Morgan fingerprint density at radius 3 is 2.70 bits per heavy atom. The van der Waals surface area contributed by atoms with Gasteiger partial charge in [0.25, 0.3) is 0 Å². The second kappa shape index (κ2) is 6.25. The van der Waals surface area contributed by atoms with E-state index in [1.165, 1.54) is 22.8 Å². The van der Waals surface area contributed by atoms with Gasteiger partial charge in [0.2, 0.25) is 0 Å². The normalized spacial score (nSPS) is 21.0. The van der Waals surface area contributed by atoms with E-state index in [4.69, 9.17) is 9.47 Å². The molecule has 3 heteroatoms. The van der Waals surface area contributed by atoms with Crippen LogP contribution in [0.2, 0.25) is 0 Å². The molecule has 0 radical (unpaired) electrons. The topological polar surface area (TPSA) is 18.5 Å². The molecular weight excluding hydrogens is 316 g/mol. The van der Waals surface area contributed by atoms with Crippen LogP contribution in [0.3, 0.4) is 0 Å². The van der Waals surface area contributed by atoms with E-state index in [1.54, 1.807) is 0 Å². The highest BCUT2D eigenvalue weighted by atomic mass is 79.9. The second-order valence-electron chi connectivity index (χ2n) is 5.26. The number of fused-ring (bicyclic) bond motifs is 1. The lowest BCUT2D eigenvalue weighted by molar-refractivity contribution is -0.185. The Balaban J connectivity index is 1.87. The predicted molar refractivity (Wildman–Crippen MR) is 84.7 cm³/mol. The molecule has 0 spiro atoms. The molecule has 20 heavy (non-hydrogen) atoms. The van der Waals surface area contributed by atoms with E-state index >= 15 is 0 Å². The zero-order chi connectivity index (χ0) is 13.9. The Hall–Kier alpha value is -0.900. The van der Waals surface area contributed by atoms with Crippen LogP contribution in [0.4, 0.5) is 0 Å². The standard InChI is InChI=1S/C17H19BrO2/c1-12(20-17-8-4-5-11-19-17)13-9-10-16(18)15-7-3-2-6-14(13)15/h2-3,6-7,9-10,12,17H,4-5,8,11H2,1H3. The van der Waals surface area contributed by atoms with Gasteiger partial charge in [0.05, 0.1) is 6.10 Å². The average molecular weight is 335 g/mol. The van der Waals surface area contributed by atoms with Crippen molar-refractivity contribution in [1.82, 2.24) is 0 Å². The molecule has 2 aromatic rings. The van der Waals surface area contributed by atoms with Gasteiger partial charge in [0.15, 0.2) is 6.29 Å². The fourth-order valence-corrected chi connectivity index (χ4v) is 3.24. The van der Waals surface area contributed by atoms with Crippen LogP contribution in [-0.2, 0) is 9.47 Å². The van der Waals surface area contributed by atoms with Crippen molar-refractivity contribution in [2.45, 2.75) is 38.6 Å². The summed E-state index contributed by atoms with van der Waals surface area (Å²) in [6.45, 7) is 2.92. The van der Waals surface area contributed by atoms with E-state index in [1.807, 2.05) is 0 Å². The third-order valence-corrected chi connectivity index (χ3v) is 4.53. The number of ether oxygens (including phenoxy) is 2. The first-order valence-corrected chi connectivity index (χ1v) is 7.99. The van der Waals surface area contributed by atoms with Crippen LogP contribution in [-0.4, -0.2) is 12.9 Å². The smallest absolute Gasteiger partial charge is 0.158 e. The molecule has 0 aliphatic carbocycles. The molecule has 2 atom stereocenters. The van der Waals surface area contributed by atoms with E-state index < -0.39 is 0 Å². The molecule has 0 bridgehead atoms. The maximum Gasteiger partial charge on any atom is 0.158 e. The minimum atomic E-state index is -0.0545. The molecule has 3 rings (SSSR count). The predicted octanol–water partition coefficient (Wildman–Crippen LogP) is 5.21. The summed E-state index contributed by atoms with van der Waals surface area (Å²) >= 11 is 3.61. The minimum absolute atomic E-state index is 0.0381. The summed E-state index contributed by atoms with van der Waals surface area (Å²) in [6.07, 6.45) is 3.32. The first kappa shape index (κ1) is 14.1. The van der Waals surface area contributed by atoms with E-state index in [9.17, 15) is 0 Å². The molecule has 1 aliphatic rings. The van der Waals surface area contributed by atoms with Crippen molar-refractivity contribution >= 4 is 26.7 Å².